The summed E-state index contributed by atoms with van der Waals surface area (Å²) in [6, 6.07) is 13.1. The molecule has 0 saturated heterocycles. The van der Waals surface area contributed by atoms with Gasteiger partial charge in [0.1, 0.15) is 11.6 Å². The SMILES string of the molecule is CCOC(=O)C[C@H](Cc1ccc(O)cc1)c1cccc(F)c1. The normalized spacial score (nSPS) is 11.9. The van der Waals surface area contributed by atoms with E-state index < -0.39 is 0 Å². The summed E-state index contributed by atoms with van der Waals surface area (Å²) in [5.41, 5.74) is 1.73. The van der Waals surface area contributed by atoms with E-state index in [1.54, 1.807) is 37.3 Å². The molecule has 0 amide bonds. The fraction of sp³-hybridized carbons (Fsp3) is 0.278. The zero-order chi connectivity index (χ0) is 15.9. The topological polar surface area (TPSA) is 46.5 Å². The molecule has 2 aromatic carbocycles. The van der Waals surface area contributed by atoms with E-state index in [0.29, 0.717) is 13.0 Å². The lowest BCUT2D eigenvalue weighted by Crippen LogP contribution is -2.13. The number of hydrogen-bond acceptors (Lipinski definition) is 3. The van der Waals surface area contributed by atoms with Crippen LogP contribution < -0.4 is 0 Å². The molecule has 1 N–H and O–H groups in total. The van der Waals surface area contributed by atoms with Crippen molar-refractivity contribution in [1.29, 1.82) is 0 Å². The molecular weight excluding hydrogens is 283 g/mol. The zero-order valence-corrected chi connectivity index (χ0v) is 12.5. The summed E-state index contributed by atoms with van der Waals surface area (Å²) < 4.78 is 18.5. The van der Waals surface area contributed by atoms with Crippen LogP contribution in [-0.4, -0.2) is 17.7 Å². The lowest BCUT2D eigenvalue weighted by Gasteiger charge is -2.17. The summed E-state index contributed by atoms with van der Waals surface area (Å²) in [7, 11) is 0. The third-order valence-corrected chi connectivity index (χ3v) is 3.46. The first-order valence-electron chi connectivity index (χ1n) is 7.27. The van der Waals surface area contributed by atoms with E-state index >= 15 is 0 Å². The van der Waals surface area contributed by atoms with Crippen LogP contribution in [0.2, 0.25) is 0 Å². The predicted molar refractivity (Wildman–Crippen MR) is 82.2 cm³/mol. The monoisotopic (exact) mass is 302 g/mol. The number of ether oxygens (including phenoxy) is 1. The Balaban J connectivity index is 2.20. The second-order valence-electron chi connectivity index (χ2n) is 5.13. The summed E-state index contributed by atoms with van der Waals surface area (Å²) in [6.07, 6.45) is 0.765. The minimum absolute atomic E-state index is 0.167. The molecule has 0 heterocycles. The van der Waals surface area contributed by atoms with Crippen molar-refractivity contribution in [3.63, 3.8) is 0 Å². The second-order valence-corrected chi connectivity index (χ2v) is 5.13. The van der Waals surface area contributed by atoms with Crippen LogP contribution in [0.4, 0.5) is 4.39 Å². The van der Waals surface area contributed by atoms with Crippen molar-refractivity contribution in [2.45, 2.75) is 25.7 Å². The first-order chi connectivity index (χ1) is 10.6. The number of rotatable bonds is 6. The number of esters is 1. The van der Waals surface area contributed by atoms with Crippen molar-refractivity contribution in [3.05, 3.63) is 65.5 Å². The number of hydrogen-bond donors (Lipinski definition) is 1. The Morgan fingerprint density at radius 3 is 2.59 bits per heavy atom. The number of benzene rings is 2. The van der Waals surface area contributed by atoms with Crippen LogP contribution in [0.25, 0.3) is 0 Å². The Labute approximate surface area is 129 Å². The molecule has 3 nitrogen and oxygen atoms in total. The van der Waals surface area contributed by atoms with E-state index in [0.717, 1.165) is 11.1 Å². The molecule has 0 fully saturated rings. The number of carbonyl (C=O) groups is 1. The van der Waals surface area contributed by atoms with Crippen molar-refractivity contribution in [1.82, 2.24) is 0 Å². The van der Waals surface area contributed by atoms with Gasteiger partial charge in [0.2, 0.25) is 0 Å². The van der Waals surface area contributed by atoms with Crippen LogP contribution in [0.15, 0.2) is 48.5 Å². The maximum Gasteiger partial charge on any atom is 0.306 e. The molecule has 0 aliphatic carbocycles. The maximum atomic E-state index is 13.5. The van der Waals surface area contributed by atoms with Gasteiger partial charge in [-0.3, -0.25) is 4.79 Å². The maximum absolute atomic E-state index is 13.5. The van der Waals surface area contributed by atoms with Gasteiger partial charge in [-0.05, 0) is 54.7 Å². The summed E-state index contributed by atoms with van der Waals surface area (Å²) >= 11 is 0. The van der Waals surface area contributed by atoms with Gasteiger partial charge in [-0.25, -0.2) is 4.39 Å². The fourth-order valence-corrected chi connectivity index (χ4v) is 2.41. The molecule has 0 radical (unpaired) electrons. The van der Waals surface area contributed by atoms with Gasteiger partial charge in [0.15, 0.2) is 0 Å². The van der Waals surface area contributed by atoms with Gasteiger partial charge in [-0.15, -0.1) is 0 Å². The summed E-state index contributed by atoms with van der Waals surface area (Å²) in [6.45, 7) is 2.09. The van der Waals surface area contributed by atoms with Gasteiger partial charge in [0.25, 0.3) is 0 Å². The van der Waals surface area contributed by atoms with Gasteiger partial charge in [-0.2, -0.15) is 0 Å². The van der Waals surface area contributed by atoms with E-state index in [1.165, 1.54) is 12.1 Å². The molecule has 0 aliphatic rings. The summed E-state index contributed by atoms with van der Waals surface area (Å²) in [4.78, 5) is 11.8. The number of phenols is 1. The summed E-state index contributed by atoms with van der Waals surface area (Å²) in [5, 5.41) is 9.34. The molecule has 0 saturated carbocycles. The van der Waals surface area contributed by atoms with Crippen molar-refractivity contribution < 1.29 is 19.0 Å². The molecule has 1 atom stereocenters. The smallest absolute Gasteiger partial charge is 0.306 e. The largest absolute Gasteiger partial charge is 0.508 e. The zero-order valence-electron chi connectivity index (χ0n) is 12.5. The van der Waals surface area contributed by atoms with E-state index in [2.05, 4.69) is 0 Å². The Hall–Kier alpha value is -2.36. The number of carbonyl (C=O) groups excluding carboxylic acids is 1. The van der Waals surface area contributed by atoms with E-state index in [1.807, 2.05) is 6.07 Å². The van der Waals surface area contributed by atoms with Crippen LogP contribution in [0.1, 0.15) is 30.4 Å². The Morgan fingerprint density at radius 1 is 1.23 bits per heavy atom. The van der Waals surface area contributed by atoms with Crippen molar-refractivity contribution in [2.75, 3.05) is 6.61 Å². The quantitative estimate of drug-likeness (QED) is 0.825. The lowest BCUT2D eigenvalue weighted by atomic mass is 9.89. The molecule has 0 unspecified atom stereocenters. The molecule has 2 aromatic rings. The van der Waals surface area contributed by atoms with Crippen LogP contribution >= 0.6 is 0 Å². The van der Waals surface area contributed by atoms with Gasteiger partial charge in [0, 0.05) is 0 Å². The number of aromatic hydroxyl groups is 1. The molecule has 0 spiro atoms. The lowest BCUT2D eigenvalue weighted by molar-refractivity contribution is -0.143. The van der Waals surface area contributed by atoms with Gasteiger partial charge in [-0.1, -0.05) is 24.3 Å². The molecule has 0 aromatic heterocycles. The van der Waals surface area contributed by atoms with Gasteiger partial charge < -0.3 is 9.84 Å². The highest BCUT2D eigenvalue weighted by atomic mass is 19.1. The highest BCUT2D eigenvalue weighted by molar-refractivity contribution is 5.70. The average Bonchev–Trinajstić information content (AvgIpc) is 2.49. The third-order valence-electron chi connectivity index (χ3n) is 3.46. The number of halogens is 1. The average molecular weight is 302 g/mol. The predicted octanol–water partition coefficient (Wildman–Crippen LogP) is 3.81. The van der Waals surface area contributed by atoms with Gasteiger partial charge >= 0.3 is 5.97 Å². The van der Waals surface area contributed by atoms with Gasteiger partial charge in [0.05, 0.1) is 13.0 Å². The molecular formula is C18H19FO3. The van der Waals surface area contributed by atoms with E-state index in [4.69, 9.17) is 4.74 Å². The minimum atomic E-state index is -0.322. The fourth-order valence-electron chi connectivity index (χ4n) is 2.41. The Bertz CT molecular complexity index is 622. The Kier molecular flexibility index (Phi) is 5.53. The van der Waals surface area contributed by atoms with Crippen molar-refractivity contribution in [2.24, 2.45) is 0 Å². The van der Waals surface area contributed by atoms with Crippen LogP contribution in [0.5, 0.6) is 5.75 Å². The van der Waals surface area contributed by atoms with Crippen LogP contribution in [-0.2, 0) is 16.0 Å². The molecule has 0 bridgehead atoms. The first kappa shape index (κ1) is 16.0. The third kappa shape index (κ3) is 4.58. The van der Waals surface area contributed by atoms with Crippen LogP contribution in [0.3, 0.4) is 0 Å². The second kappa shape index (κ2) is 7.59. The molecule has 22 heavy (non-hydrogen) atoms. The van der Waals surface area contributed by atoms with Crippen LogP contribution in [0, 0.1) is 5.82 Å². The standard InChI is InChI=1S/C18H19FO3/c1-2-22-18(21)12-15(14-4-3-5-16(19)11-14)10-13-6-8-17(20)9-7-13/h3-9,11,15,20H,2,10,12H2,1H3/t15-/m0/s1. The van der Waals surface area contributed by atoms with Crippen molar-refractivity contribution in [3.8, 4) is 5.75 Å². The van der Waals surface area contributed by atoms with Crippen molar-refractivity contribution >= 4 is 5.97 Å². The first-order valence-corrected chi connectivity index (χ1v) is 7.27. The van der Waals surface area contributed by atoms with E-state index in [-0.39, 0.29) is 29.9 Å². The Morgan fingerprint density at radius 2 is 1.95 bits per heavy atom. The molecule has 4 heteroatoms. The highest BCUT2D eigenvalue weighted by Crippen LogP contribution is 2.26. The molecule has 2 rings (SSSR count). The van der Waals surface area contributed by atoms with E-state index in [9.17, 15) is 14.3 Å². The number of phenolic OH excluding ortho intramolecular Hbond substituents is 1. The minimum Gasteiger partial charge on any atom is -0.508 e. The summed E-state index contributed by atoms with van der Waals surface area (Å²) in [5.74, 6) is -0.594. The highest BCUT2D eigenvalue weighted by Gasteiger charge is 2.18. The molecule has 0 aliphatic heterocycles. The molecule has 116 valence electrons.